The molecule has 0 heterocycles. The van der Waals surface area contributed by atoms with Crippen LogP contribution in [0.3, 0.4) is 0 Å². The lowest BCUT2D eigenvalue weighted by molar-refractivity contribution is -0.136. The number of esters is 1. The second kappa shape index (κ2) is 10.4. The molecule has 1 aromatic carbocycles. The quantitative estimate of drug-likeness (QED) is 0.341. The van der Waals surface area contributed by atoms with Crippen molar-refractivity contribution in [2.24, 2.45) is 5.92 Å². The van der Waals surface area contributed by atoms with Crippen molar-refractivity contribution >= 4 is 17.6 Å². The minimum absolute atomic E-state index is 0.114. The summed E-state index contributed by atoms with van der Waals surface area (Å²) in [6, 6.07) is 5.92. The van der Waals surface area contributed by atoms with Crippen molar-refractivity contribution in [1.29, 1.82) is 0 Å². The minimum Gasteiger partial charge on any atom is -0.462 e. The van der Waals surface area contributed by atoms with Gasteiger partial charge in [-0.3, -0.25) is 0 Å². The van der Waals surface area contributed by atoms with Crippen molar-refractivity contribution < 1.29 is 9.53 Å². The van der Waals surface area contributed by atoms with Gasteiger partial charge in [0.1, 0.15) is 0 Å². The van der Waals surface area contributed by atoms with Gasteiger partial charge < -0.3 is 4.74 Å². The Kier molecular flexibility index (Phi) is 8.84. The second-order valence-electron chi connectivity index (χ2n) is 8.04. The maximum absolute atomic E-state index is 12.6. The van der Waals surface area contributed by atoms with E-state index in [1.165, 1.54) is 19.3 Å². The number of carbonyl (C=O) groups is 1. The Labute approximate surface area is 160 Å². The summed E-state index contributed by atoms with van der Waals surface area (Å²) in [5, 5.41) is 0. The summed E-state index contributed by atoms with van der Waals surface area (Å²) in [4.78, 5) is 12.6. The van der Waals surface area contributed by atoms with E-state index in [9.17, 15) is 4.79 Å². The molecule has 0 saturated heterocycles. The third-order valence-corrected chi connectivity index (χ3v) is 4.94. The molecule has 0 aliphatic heterocycles. The first-order valence-corrected chi connectivity index (χ1v) is 9.88. The summed E-state index contributed by atoms with van der Waals surface area (Å²) < 4.78 is 5.55. The molecular formula is C24H36O2. The molecule has 144 valence electrons. The van der Waals surface area contributed by atoms with Gasteiger partial charge in [-0.2, -0.15) is 0 Å². The van der Waals surface area contributed by atoms with E-state index in [4.69, 9.17) is 4.74 Å². The van der Waals surface area contributed by atoms with Crippen LogP contribution in [0.1, 0.15) is 83.4 Å². The highest BCUT2D eigenvalue weighted by molar-refractivity contribution is 6.16. The molecule has 1 rings (SSSR count). The normalized spacial score (nSPS) is 12.5. The van der Waals surface area contributed by atoms with Gasteiger partial charge in [0.15, 0.2) is 0 Å². The fourth-order valence-corrected chi connectivity index (χ4v) is 3.39. The molecule has 26 heavy (non-hydrogen) atoms. The van der Waals surface area contributed by atoms with E-state index in [1.807, 2.05) is 24.3 Å². The molecule has 2 heteroatoms. The number of benzene rings is 1. The fourth-order valence-electron chi connectivity index (χ4n) is 3.39. The van der Waals surface area contributed by atoms with E-state index in [2.05, 4.69) is 47.8 Å². The summed E-state index contributed by atoms with van der Waals surface area (Å²) in [7, 11) is 0. The predicted molar refractivity (Wildman–Crippen MR) is 113 cm³/mol. The van der Waals surface area contributed by atoms with Crippen LogP contribution in [0.15, 0.2) is 31.4 Å². The first-order valence-electron chi connectivity index (χ1n) is 9.88. The number of hydrogen-bond donors (Lipinski definition) is 0. The lowest BCUT2D eigenvalue weighted by atomic mass is 9.79. The number of hydrogen-bond acceptors (Lipinski definition) is 2. The lowest BCUT2D eigenvalue weighted by Crippen LogP contribution is -2.18. The Hall–Kier alpha value is -1.83. The average molecular weight is 357 g/mol. The predicted octanol–water partition coefficient (Wildman–Crippen LogP) is 6.79. The van der Waals surface area contributed by atoms with Crippen LogP contribution in [0.4, 0.5) is 0 Å². The summed E-state index contributed by atoms with van der Waals surface area (Å²) in [5.74, 6) is 0.312. The highest BCUT2D eigenvalue weighted by atomic mass is 16.5. The molecule has 1 aromatic rings. The number of ether oxygens (including phenoxy) is 1. The molecule has 2 nitrogen and oxygen atoms in total. The van der Waals surface area contributed by atoms with Crippen molar-refractivity contribution in [3.63, 3.8) is 0 Å². The molecule has 1 unspecified atom stereocenters. The van der Waals surface area contributed by atoms with Gasteiger partial charge in [-0.1, -0.05) is 97.7 Å². The zero-order valence-electron chi connectivity index (χ0n) is 17.4. The number of carbonyl (C=O) groups excluding carboxylic acids is 1. The molecule has 0 N–H and O–H groups in total. The van der Waals surface area contributed by atoms with Crippen molar-refractivity contribution in [2.75, 3.05) is 6.61 Å². The zero-order valence-corrected chi connectivity index (χ0v) is 17.4. The second-order valence-corrected chi connectivity index (χ2v) is 8.04. The Morgan fingerprint density at radius 3 is 2.46 bits per heavy atom. The van der Waals surface area contributed by atoms with E-state index in [0.29, 0.717) is 18.1 Å². The highest BCUT2D eigenvalue weighted by Gasteiger charge is 2.24. The smallest absolute Gasteiger partial charge is 0.338 e. The van der Waals surface area contributed by atoms with E-state index < -0.39 is 0 Å². The third-order valence-electron chi connectivity index (χ3n) is 4.94. The molecule has 0 radical (unpaired) electrons. The summed E-state index contributed by atoms with van der Waals surface area (Å²) in [6.45, 7) is 19.2. The maximum atomic E-state index is 12.6. The van der Waals surface area contributed by atoms with Crippen LogP contribution in [0.5, 0.6) is 0 Å². The SMILES string of the molecule is C=Cc1cccc(C(=C)C(=O)OCCC(CC)CCCC)c1C(C)(C)C. The van der Waals surface area contributed by atoms with Gasteiger partial charge in [0.05, 0.1) is 12.2 Å². The molecule has 0 spiro atoms. The zero-order chi connectivity index (χ0) is 19.7. The standard InChI is InChI=1S/C24H36O2/c1-8-11-13-19(9-2)16-17-26-23(25)18(4)21-15-12-14-20(10-3)22(21)24(5,6)7/h10,12,14-15,19H,3-4,8-9,11,13,16-17H2,1-2,5-7H3. The average Bonchev–Trinajstić information content (AvgIpc) is 2.62. The van der Waals surface area contributed by atoms with Gasteiger partial charge >= 0.3 is 5.97 Å². The molecule has 1 atom stereocenters. The van der Waals surface area contributed by atoms with Crippen molar-refractivity contribution in [1.82, 2.24) is 0 Å². The van der Waals surface area contributed by atoms with Crippen LogP contribution in [0.2, 0.25) is 0 Å². The third kappa shape index (κ3) is 6.16. The van der Waals surface area contributed by atoms with Crippen LogP contribution in [0, 0.1) is 5.92 Å². The summed E-state index contributed by atoms with van der Waals surface area (Å²) >= 11 is 0. The van der Waals surface area contributed by atoms with E-state index in [0.717, 1.165) is 29.5 Å². The van der Waals surface area contributed by atoms with Gasteiger partial charge in [-0.05, 0) is 34.4 Å². The van der Waals surface area contributed by atoms with E-state index >= 15 is 0 Å². The van der Waals surface area contributed by atoms with Gasteiger partial charge in [0.2, 0.25) is 0 Å². The molecule has 0 bridgehead atoms. The van der Waals surface area contributed by atoms with Gasteiger partial charge in [-0.15, -0.1) is 0 Å². The van der Waals surface area contributed by atoms with Gasteiger partial charge in [0.25, 0.3) is 0 Å². The first kappa shape index (κ1) is 22.2. The molecule has 0 aromatic heterocycles. The summed E-state index contributed by atoms with van der Waals surface area (Å²) in [5.41, 5.74) is 3.30. The van der Waals surface area contributed by atoms with Crippen LogP contribution >= 0.6 is 0 Å². The Morgan fingerprint density at radius 2 is 1.92 bits per heavy atom. The van der Waals surface area contributed by atoms with Crippen molar-refractivity contribution in [3.05, 3.63) is 48.0 Å². The largest absolute Gasteiger partial charge is 0.462 e. The van der Waals surface area contributed by atoms with Crippen LogP contribution in [0.25, 0.3) is 11.6 Å². The van der Waals surface area contributed by atoms with Crippen LogP contribution in [-0.2, 0) is 14.9 Å². The molecule has 0 amide bonds. The van der Waals surface area contributed by atoms with Gasteiger partial charge in [0, 0.05) is 0 Å². The molecule has 0 aliphatic rings. The van der Waals surface area contributed by atoms with Crippen molar-refractivity contribution in [2.45, 2.75) is 72.1 Å². The molecule has 0 aliphatic carbocycles. The van der Waals surface area contributed by atoms with Gasteiger partial charge in [-0.25, -0.2) is 4.79 Å². The summed E-state index contributed by atoms with van der Waals surface area (Å²) in [6.07, 6.45) is 7.55. The lowest BCUT2D eigenvalue weighted by Gasteiger charge is -2.26. The number of unbranched alkanes of at least 4 members (excludes halogenated alkanes) is 1. The molecule has 0 saturated carbocycles. The highest BCUT2D eigenvalue weighted by Crippen LogP contribution is 2.33. The van der Waals surface area contributed by atoms with Crippen LogP contribution in [-0.4, -0.2) is 12.6 Å². The van der Waals surface area contributed by atoms with E-state index in [-0.39, 0.29) is 11.4 Å². The maximum Gasteiger partial charge on any atom is 0.338 e. The Morgan fingerprint density at radius 1 is 1.23 bits per heavy atom. The monoisotopic (exact) mass is 356 g/mol. The molecule has 0 fully saturated rings. The Bertz CT molecular complexity index is 620. The fraction of sp³-hybridized carbons (Fsp3) is 0.542. The first-order chi connectivity index (χ1) is 12.3. The topological polar surface area (TPSA) is 26.3 Å². The molecular weight excluding hydrogens is 320 g/mol. The van der Waals surface area contributed by atoms with Crippen LogP contribution < -0.4 is 0 Å². The minimum atomic E-state index is -0.318. The number of rotatable bonds is 10. The van der Waals surface area contributed by atoms with Crippen molar-refractivity contribution in [3.8, 4) is 0 Å². The van der Waals surface area contributed by atoms with E-state index in [1.54, 1.807) is 0 Å². The Balaban J connectivity index is 2.84.